The maximum atomic E-state index is 13.3. The van der Waals surface area contributed by atoms with Gasteiger partial charge in [0.15, 0.2) is 6.61 Å². The molecule has 0 bridgehead atoms. The zero-order chi connectivity index (χ0) is 15.2. The number of carbonyl (C=O) groups excluding carboxylic acids is 2. The largest absolute Gasteiger partial charge is 0.456 e. The lowest BCUT2D eigenvalue weighted by Gasteiger charge is -2.09. The molecule has 1 aromatic carbocycles. The molecule has 0 spiro atoms. The molecule has 0 saturated carbocycles. The molecule has 1 N–H and O–H groups in total. The van der Waals surface area contributed by atoms with Crippen molar-refractivity contribution in [2.24, 2.45) is 5.92 Å². The summed E-state index contributed by atoms with van der Waals surface area (Å²) in [4.78, 5) is 23.0. The van der Waals surface area contributed by atoms with E-state index in [-0.39, 0.29) is 18.0 Å². The number of hydrogen-bond acceptors (Lipinski definition) is 3. The van der Waals surface area contributed by atoms with Gasteiger partial charge in [-0.15, -0.1) is 0 Å². The van der Waals surface area contributed by atoms with Gasteiger partial charge in [0, 0.05) is 6.07 Å². The Labute approximate surface area is 120 Å². The van der Waals surface area contributed by atoms with Crippen LogP contribution in [0.2, 0.25) is 0 Å². The van der Waals surface area contributed by atoms with E-state index in [4.69, 9.17) is 4.74 Å². The van der Waals surface area contributed by atoms with Gasteiger partial charge in [-0.05, 0) is 30.9 Å². The van der Waals surface area contributed by atoms with Gasteiger partial charge >= 0.3 is 5.97 Å². The summed E-state index contributed by atoms with van der Waals surface area (Å²) in [6.45, 7) is -0.523. The number of benzene rings is 1. The predicted octanol–water partition coefficient (Wildman–Crippen LogP) is 2.80. The third-order valence-electron chi connectivity index (χ3n) is 3.11. The topological polar surface area (TPSA) is 55.4 Å². The first-order chi connectivity index (χ1) is 10.0. The van der Waals surface area contributed by atoms with E-state index in [1.54, 1.807) is 0 Å². The van der Waals surface area contributed by atoms with Crippen molar-refractivity contribution < 1.29 is 23.1 Å². The molecule has 0 radical (unpaired) electrons. The lowest BCUT2D eigenvalue weighted by atomic mass is 10.1. The van der Waals surface area contributed by atoms with E-state index in [0.29, 0.717) is 0 Å². The van der Waals surface area contributed by atoms with Crippen molar-refractivity contribution in [3.63, 3.8) is 0 Å². The van der Waals surface area contributed by atoms with Crippen molar-refractivity contribution in [3.05, 3.63) is 42.0 Å². The van der Waals surface area contributed by atoms with Gasteiger partial charge in [-0.25, -0.2) is 8.78 Å². The van der Waals surface area contributed by atoms with E-state index in [2.05, 4.69) is 5.32 Å². The number of allylic oxidation sites excluding steroid dienone is 2. The Bertz CT molecular complexity index is 572. The normalized spacial score (nSPS) is 16.8. The number of rotatable bonds is 5. The molecule has 0 unspecified atom stereocenters. The second kappa shape index (κ2) is 6.97. The van der Waals surface area contributed by atoms with Gasteiger partial charge in [0.1, 0.15) is 11.6 Å². The van der Waals surface area contributed by atoms with E-state index >= 15 is 0 Å². The van der Waals surface area contributed by atoms with Gasteiger partial charge in [0.05, 0.1) is 12.1 Å². The zero-order valence-corrected chi connectivity index (χ0v) is 11.3. The Balaban J connectivity index is 1.77. The van der Waals surface area contributed by atoms with E-state index in [0.717, 1.165) is 31.0 Å². The molecule has 21 heavy (non-hydrogen) atoms. The number of nitrogens with one attached hydrogen (secondary N) is 1. The summed E-state index contributed by atoms with van der Waals surface area (Å²) in [5.41, 5.74) is -0.283. The van der Waals surface area contributed by atoms with Crippen LogP contribution in [0.4, 0.5) is 14.5 Å². The maximum absolute atomic E-state index is 13.3. The van der Waals surface area contributed by atoms with Crippen LogP contribution in [0.3, 0.4) is 0 Å². The highest BCUT2D eigenvalue weighted by atomic mass is 19.1. The number of esters is 1. The molecule has 112 valence electrons. The van der Waals surface area contributed by atoms with Crippen LogP contribution in [0.1, 0.15) is 19.3 Å². The van der Waals surface area contributed by atoms with Crippen molar-refractivity contribution in [1.82, 2.24) is 0 Å². The Morgan fingerprint density at radius 2 is 2.14 bits per heavy atom. The Hall–Kier alpha value is -2.24. The smallest absolute Gasteiger partial charge is 0.306 e. The van der Waals surface area contributed by atoms with Crippen LogP contribution >= 0.6 is 0 Å². The van der Waals surface area contributed by atoms with Crippen LogP contribution in [0.5, 0.6) is 0 Å². The van der Waals surface area contributed by atoms with Gasteiger partial charge in [-0.1, -0.05) is 12.2 Å². The van der Waals surface area contributed by atoms with Crippen LogP contribution in [-0.2, 0) is 14.3 Å². The zero-order valence-electron chi connectivity index (χ0n) is 11.3. The molecule has 0 aromatic heterocycles. The maximum Gasteiger partial charge on any atom is 0.306 e. The number of anilines is 1. The summed E-state index contributed by atoms with van der Waals surface area (Å²) in [7, 11) is 0. The van der Waals surface area contributed by atoms with Crippen LogP contribution < -0.4 is 5.32 Å². The first-order valence-corrected chi connectivity index (χ1v) is 6.62. The number of ether oxygens (including phenoxy) is 1. The SMILES string of the molecule is O=C(COC(=O)C[C@H]1C=CCC1)Nc1cc(F)ccc1F. The van der Waals surface area contributed by atoms with Gasteiger partial charge in [-0.2, -0.15) is 0 Å². The molecular formula is C15H15F2NO3. The number of halogens is 2. The number of amides is 1. The lowest BCUT2D eigenvalue weighted by molar-refractivity contribution is -0.147. The molecular weight excluding hydrogens is 280 g/mol. The van der Waals surface area contributed by atoms with E-state index in [1.807, 2.05) is 12.2 Å². The Morgan fingerprint density at radius 1 is 1.33 bits per heavy atom. The number of carbonyl (C=O) groups is 2. The van der Waals surface area contributed by atoms with Crippen molar-refractivity contribution in [1.29, 1.82) is 0 Å². The average Bonchev–Trinajstić information content (AvgIpc) is 2.93. The first kappa shape index (κ1) is 15.2. The third-order valence-corrected chi connectivity index (χ3v) is 3.11. The quantitative estimate of drug-likeness (QED) is 0.671. The van der Waals surface area contributed by atoms with Crippen LogP contribution in [0.25, 0.3) is 0 Å². The summed E-state index contributed by atoms with van der Waals surface area (Å²) in [6, 6.07) is 2.71. The molecule has 1 aliphatic carbocycles. The molecule has 0 aliphatic heterocycles. The second-order valence-electron chi connectivity index (χ2n) is 4.80. The van der Waals surface area contributed by atoms with Crippen molar-refractivity contribution in [2.75, 3.05) is 11.9 Å². The van der Waals surface area contributed by atoms with Crippen molar-refractivity contribution in [3.8, 4) is 0 Å². The molecule has 0 saturated heterocycles. The fourth-order valence-corrected chi connectivity index (χ4v) is 2.06. The lowest BCUT2D eigenvalue weighted by Crippen LogP contribution is -2.22. The molecule has 1 aromatic rings. The summed E-state index contributed by atoms with van der Waals surface area (Å²) in [5, 5.41) is 2.15. The summed E-state index contributed by atoms with van der Waals surface area (Å²) in [5.74, 6) is -2.47. The fraction of sp³-hybridized carbons (Fsp3) is 0.333. The fourth-order valence-electron chi connectivity index (χ4n) is 2.06. The molecule has 0 fully saturated rings. The second-order valence-corrected chi connectivity index (χ2v) is 4.80. The Morgan fingerprint density at radius 3 is 2.86 bits per heavy atom. The minimum absolute atomic E-state index is 0.154. The molecule has 2 rings (SSSR count). The van der Waals surface area contributed by atoms with Gasteiger partial charge < -0.3 is 10.1 Å². The highest BCUT2D eigenvalue weighted by Gasteiger charge is 2.16. The Kier molecular flexibility index (Phi) is 5.03. The summed E-state index contributed by atoms with van der Waals surface area (Å²) in [6.07, 6.45) is 6.01. The summed E-state index contributed by atoms with van der Waals surface area (Å²) >= 11 is 0. The average molecular weight is 295 g/mol. The standard InChI is InChI=1S/C15H15F2NO3/c16-11-5-6-12(17)13(8-11)18-14(19)9-21-15(20)7-10-3-1-2-4-10/h1,3,5-6,8,10H,2,4,7,9H2,(H,18,19)/t10-/m0/s1. The van der Waals surface area contributed by atoms with E-state index in [9.17, 15) is 18.4 Å². The first-order valence-electron chi connectivity index (χ1n) is 6.62. The van der Waals surface area contributed by atoms with Crippen LogP contribution in [-0.4, -0.2) is 18.5 Å². The van der Waals surface area contributed by atoms with Gasteiger partial charge in [-0.3, -0.25) is 9.59 Å². The molecule has 6 heteroatoms. The van der Waals surface area contributed by atoms with E-state index in [1.165, 1.54) is 0 Å². The molecule has 1 aliphatic rings. The van der Waals surface area contributed by atoms with Gasteiger partial charge in [0.2, 0.25) is 0 Å². The minimum Gasteiger partial charge on any atom is -0.456 e. The van der Waals surface area contributed by atoms with Crippen molar-refractivity contribution >= 4 is 17.6 Å². The molecule has 1 atom stereocenters. The highest BCUT2D eigenvalue weighted by molar-refractivity contribution is 5.92. The molecule has 1 amide bonds. The van der Waals surface area contributed by atoms with Gasteiger partial charge in [0.25, 0.3) is 5.91 Å². The summed E-state index contributed by atoms with van der Waals surface area (Å²) < 4.78 is 31.0. The monoisotopic (exact) mass is 295 g/mol. The predicted molar refractivity (Wildman–Crippen MR) is 72.4 cm³/mol. The van der Waals surface area contributed by atoms with Crippen LogP contribution in [0, 0.1) is 17.6 Å². The number of hydrogen-bond donors (Lipinski definition) is 1. The van der Waals surface area contributed by atoms with Crippen molar-refractivity contribution in [2.45, 2.75) is 19.3 Å². The highest BCUT2D eigenvalue weighted by Crippen LogP contribution is 2.20. The molecule has 4 nitrogen and oxygen atoms in total. The van der Waals surface area contributed by atoms with E-state index < -0.39 is 30.1 Å². The minimum atomic E-state index is -0.757. The third kappa shape index (κ3) is 4.66. The molecule has 0 heterocycles. The van der Waals surface area contributed by atoms with Crippen LogP contribution in [0.15, 0.2) is 30.4 Å².